The first-order valence-electron chi connectivity index (χ1n) is 8.19. The van der Waals surface area contributed by atoms with Gasteiger partial charge in [0, 0.05) is 23.8 Å². The van der Waals surface area contributed by atoms with Crippen molar-refractivity contribution in [1.29, 1.82) is 0 Å². The summed E-state index contributed by atoms with van der Waals surface area (Å²) in [6.45, 7) is 5.65. The Hall–Kier alpha value is -1.37. The van der Waals surface area contributed by atoms with E-state index in [0.717, 1.165) is 50.7 Å². The maximum Gasteiger partial charge on any atom is 0.255 e. The highest BCUT2D eigenvalue weighted by Crippen LogP contribution is 2.27. The van der Waals surface area contributed by atoms with Gasteiger partial charge in [-0.25, -0.2) is 0 Å². The second kappa shape index (κ2) is 8.47. The van der Waals surface area contributed by atoms with Gasteiger partial charge in [0.15, 0.2) is 5.82 Å². The predicted molar refractivity (Wildman–Crippen MR) is 90.3 cm³/mol. The van der Waals surface area contributed by atoms with Crippen LogP contribution in [0.5, 0.6) is 0 Å². The summed E-state index contributed by atoms with van der Waals surface area (Å²) < 4.78 is 10.9. The molecule has 0 aliphatic carbocycles. The zero-order valence-corrected chi connectivity index (χ0v) is 14.3. The Labute approximate surface area is 141 Å². The van der Waals surface area contributed by atoms with Crippen molar-refractivity contribution in [1.82, 2.24) is 15.0 Å². The number of rotatable bonds is 8. The molecule has 0 N–H and O–H groups in total. The Morgan fingerprint density at radius 1 is 1.30 bits per heavy atom. The van der Waals surface area contributed by atoms with E-state index in [2.05, 4.69) is 46.2 Å². The maximum absolute atomic E-state index is 5.58. The Balaban J connectivity index is 1.47. The van der Waals surface area contributed by atoms with Crippen molar-refractivity contribution in [3.8, 4) is 0 Å². The third-order valence-corrected chi connectivity index (χ3v) is 4.91. The van der Waals surface area contributed by atoms with Gasteiger partial charge in [-0.15, -0.1) is 11.8 Å². The lowest BCUT2D eigenvalue weighted by atomic mass is 10.2. The van der Waals surface area contributed by atoms with Gasteiger partial charge in [0.2, 0.25) is 0 Å². The molecule has 0 saturated carbocycles. The van der Waals surface area contributed by atoms with Gasteiger partial charge >= 0.3 is 0 Å². The topological polar surface area (TPSA) is 51.4 Å². The van der Waals surface area contributed by atoms with Crippen LogP contribution in [0.25, 0.3) is 0 Å². The second-order valence-electron chi connectivity index (χ2n) is 5.58. The molecule has 1 aromatic carbocycles. The predicted octanol–water partition coefficient (Wildman–Crippen LogP) is 3.54. The average Bonchev–Trinajstić information content (AvgIpc) is 3.26. The Morgan fingerprint density at radius 2 is 2.17 bits per heavy atom. The third-order valence-electron chi connectivity index (χ3n) is 3.92. The van der Waals surface area contributed by atoms with Gasteiger partial charge in [0.1, 0.15) is 6.10 Å². The van der Waals surface area contributed by atoms with Crippen LogP contribution in [0.15, 0.2) is 39.8 Å². The first-order chi connectivity index (χ1) is 11.3. The summed E-state index contributed by atoms with van der Waals surface area (Å²) in [5.41, 5.74) is 0. The number of aromatic nitrogens is 2. The lowest BCUT2D eigenvalue weighted by Gasteiger charge is -2.17. The van der Waals surface area contributed by atoms with Crippen molar-refractivity contribution in [3.05, 3.63) is 42.0 Å². The highest BCUT2D eigenvalue weighted by atomic mass is 32.2. The third kappa shape index (κ3) is 4.80. The molecule has 1 unspecified atom stereocenters. The van der Waals surface area contributed by atoms with E-state index in [1.165, 1.54) is 4.90 Å². The van der Waals surface area contributed by atoms with Crippen molar-refractivity contribution >= 4 is 11.8 Å². The van der Waals surface area contributed by atoms with Gasteiger partial charge in [-0.3, -0.25) is 4.90 Å². The van der Waals surface area contributed by atoms with E-state index < -0.39 is 0 Å². The number of hydrogen-bond donors (Lipinski definition) is 0. The number of ether oxygens (including phenoxy) is 1. The summed E-state index contributed by atoms with van der Waals surface area (Å²) in [5, 5.41) is 4.10. The highest BCUT2D eigenvalue weighted by molar-refractivity contribution is 7.99. The fourth-order valence-electron chi connectivity index (χ4n) is 2.59. The Kier molecular flexibility index (Phi) is 6.07. The SMILES string of the molecule is CCN(CCSc1ccccc1)Cc1noc(C2CCCO2)n1. The molecule has 0 spiro atoms. The molecule has 1 aromatic heterocycles. The van der Waals surface area contributed by atoms with E-state index in [1.54, 1.807) is 0 Å². The Bertz CT molecular complexity index is 585. The molecule has 1 fully saturated rings. The van der Waals surface area contributed by atoms with Crippen LogP contribution in [-0.4, -0.2) is 40.5 Å². The summed E-state index contributed by atoms with van der Waals surface area (Å²) in [6.07, 6.45) is 2.05. The molecule has 1 atom stereocenters. The van der Waals surface area contributed by atoms with Crippen LogP contribution < -0.4 is 0 Å². The molecule has 1 aliphatic heterocycles. The van der Waals surface area contributed by atoms with Crippen LogP contribution in [-0.2, 0) is 11.3 Å². The van der Waals surface area contributed by atoms with Gasteiger partial charge in [-0.2, -0.15) is 4.98 Å². The average molecular weight is 333 g/mol. The lowest BCUT2D eigenvalue weighted by Crippen LogP contribution is -2.26. The lowest BCUT2D eigenvalue weighted by molar-refractivity contribution is 0.0835. The van der Waals surface area contributed by atoms with Crippen molar-refractivity contribution < 1.29 is 9.26 Å². The van der Waals surface area contributed by atoms with Crippen LogP contribution in [0.3, 0.4) is 0 Å². The van der Waals surface area contributed by atoms with Crippen LogP contribution >= 0.6 is 11.8 Å². The maximum atomic E-state index is 5.58. The molecule has 1 saturated heterocycles. The minimum atomic E-state index is -0.0000345. The monoisotopic (exact) mass is 333 g/mol. The summed E-state index contributed by atoms with van der Waals surface area (Å²) in [5.74, 6) is 2.43. The smallest absolute Gasteiger partial charge is 0.255 e. The van der Waals surface area contributed by atoms with Crippen LogP contribution in [0.4, 0.5) is 0 Å². The van der Waals surface area contributed by atoms with E-state index >= 15 is 0 Å². The summed E-state index contributed by atoms with van der Waals surface area (Å²) in [6, 6.07) is 10.5. The van der Waals surface area contributed by atoms with Crippen LogP contribution in [0.1, 0.15) is 37.6 Å². The van der Waals surface area contributed by atoms with Gasteiger partial charge in [-0.1, -0.05) is 30.3 Å². The van der Waals surface area contributed by atoms with Gasteiger partial charge in [-0.05, 0) is 31.5 Å². The largest absolute Gasteiger partial charge is 0.368 e. The Morgan fingerprint density at radius 3 is 2.91 bits per heavy atom. The standard InChI is InChI=1S/C17H23N3O2S/c1-2-20(10-12-23-14-7-4-3-5-8-14)13-16-18-17(22-19-16)15-9-6-11-21-15/h3-5,7-8,15H,2,6,9-13H2,1H3. The molecule has 124 valence electrons. The summed E-state index contributed by atoms with van der Waals surface area (Å²) in [4.78, 5) is 8.14. The fraction of sp³-hybridized carbons (Fsp3) is 0.529. The molecular weight excluding hydrogens is 310 g/mol. The molecule has 0 amide bonds. The quantitative estimate of drug-likeness (QED) is 0.689. The van der Waals surface area contributed by atoms with Crippen molar-refractivity contribution in [2.24, 2.45) is 0 Å². The summed E-state index contributed by atoms with van der Waals surface area (Å²) >= 11 is 1.87. The van der Waals surface area contributed by atoms with Gasteiger partial charge < -0.3 is 9.26 Å². The highest BCUT2D eigenvalue weighted by Gasteiger charge is 2.24. The molecular formula is C17H23N3O2S. The zero-order chi connectivity index (χ0) is 15.9. The summed E-state index contributed by atoms with van der Waals surface area (Å²) in [7, 11) is 0. The van der Waals surface area contributed by atoms with Gasteiger partial charge in [0.25, 0.3) is 5.89 Å². The zero-order valence-electron chi connectivity index (χ0n) is 13.5. The molecule has 3 rings (SSSR count). The van der Waals surface area contributed by atoms with E-state index in [1.807, 2.05) is 17.8 Å². The van der Waals surface area contributed by atoms with Crippen molar-refractivity contribution in [2.45, 2.75) is 37.3 Å². The molecule has 23 heavy (non-hydrogen) atoms. The van der Waals surface area contributed by atoms with Gasteiger partial charge in [0.05, 0.1) is 6.54 Å². The van der Waals surface area contributed by atoms with Crippen LogP contribution in [0, 0.1) is 0 Å². The molecule has 6 heteroatoms. The number of benzene rings is 1. The molecule has 2 aromatic rings. The van der Waals surface area contributed by atoms with E-state index in [9.17, 15) is 0 Å². The van der Waals surface area contributed by atoms with Crippen LogP contribution in [0.2, 0.25) is 0 Å². The van der Waals surface area contributed by atoms with Crippen molar-refractivity contribution in [2.75, 3.05) is 25.4 Å². The minimum absolute atomic E-state index is 0.0000345. The molecule has 0 bridgehead atoms. The molecule has 0 radical (unpaired) electrons. The second-order valence-corrected chi connectivity index (χ2v) is 6.75. The first-order valence-corrected chi connectivity index (χ1v) is 9.18. The van der Waals surface area contributed by atoms with Crippen molar-refractivity contribution in [3.63, 3.8) is 0 Å². The minimum Gasteiger partial charge on any atom is -0.368 e. The number of hydrogen-bond acceptors (Lipinski definition) is 6. The normalized spacial score (nSPS) is 17.9. The van der Waals surface area contributed by atoms with E-state index in [0.29, 0.717) is 5.89 Å². The van der Waals surface area contributed by atoms with E-state index in [4.69, 9.17) is 9.26 Å². The molecule has 5 nitrogen and oxygen atoms in total. The first kappa shape index (κ1) is 16.5. The van der Waals surface area contributed by atoms with E-state index in [-0.39, 0.29) is 6.10 Å². The molecule has 1 aliphatic rings. The fourth-order valence-corrected chi connectivity index (χ4v) is 3.53. The number of nitrogens with zero attached hydrogens (tertiary/aromatic N) is 3. The number of thioether (sulfide) groups is 1. The molecule has 2 heterocycles.